The van der Waals surface area contributed by atoms with E-state index in [1.54, 1.807) is 0 Å². The maximum Gasteiger partial charge on any atom is -0.0253 e. The van der Waals surface area contributed by atoms with Crippen LogP contribution < -0.4 is 24.8 Å². The molecule has 0 aromatic heterocycles. The first-order valence-corrected chi connectivity index (χ1v) is 18.2. The van der Waals surface area contributed by atoms with Gasteiger partial charge < -0.3 is 24.8 Å². The second-order valence-corrected chi connectivity index (χ2v) is 16.2. The number of hydrogen-bond donors (Lipinski definition) is 0. The predicted molar refractivity (Wildman–Crippen MR) is 204 cm³/mol. The summed E-state index contributed by atoms with van der Waals surface area (Å²) in [6.45, 7) is 17.9. The maximum absolute atomic E-state index is 3.30. The first-order valence-electron chi connectivity index (χ1n) is 17.0. The fourth-order valence-electron chi connectivity index (χ4n) is 6.17. The summed E-state index contributed by atoms with van der Waals surface area (Å²) in [4.78, 5) is 0. The van der Waals surface area contributed by atoms with Gasteiger partial charge in [0.1, 0.15) is 0 Å². The molecule has 0 radical (unpaired) electrons. The van der Waals surface area contributed by atoms with Crippen molar-refractivity contribution < 1.29 is 49.0 Å². The zero-order valence-corrected chi connectivity index (χ0v) is 34.6. The summed E-state index contributed by atoms with van der Waals surface area (Å²) in [6.07, 6.45) is 1.05. The molecule has 0 N–H and O–H groups in total. The number of rotatable bonds is 3. The Morgan fingerprint density at radius 1 is 0.600 bits per heavy atom. The van der Waals surface area contributed by atoms with E-state index in [0.29, 0.717) is 0 Å². The van der Waals surface area contributed by atoms with E-state index in [2.05, 4.69) is 189 Å². The number of halogens is 2. The van der Waals surface area contributed by atoms with Crippen molar-refractivity contribution in [2.24, 2.45) is 0 Å². The third kappa shape index (κ3) is 10.4. The molecular weight excluding hydrogens is 727 g/mol. The van der Waals surface area contributed by atoms with E-state index >= 15 is 0 Å². The van der Waals surface area contributed by atoms with Crippen LogP contribution in [0.3, 0.4) is 0 Å². The minimum Gasteiger partial charge on any atom is -1.00 e. The topological polar surface area (TPSA) is 0 Å². The molecule has 6 aromatic rings. The van der Waals surface area contributed by atoms with Gasteiger partial charge in [-0.15, -0.1) is 5.56 Å². The van der Waals surface area contributed by atoms with Gasteiger partial charge in [0, 0.05) is 0 Å². The fraction of sp³-hybridized carbons (Fsp3) is 0.234. The molecule has 0 saturated carbocycles. The van der Waals surface area contributed by atoms with E-state index < -0.39 is 0 Å². The Morgan fingerprint density at radius 2 is 1.10 bits per heavy atom. The van der Waals surface area contributed by atoms with E-state index in [1.165, 1.54) is 94.2 Å². The van der Waals surface area contributed by atoms with Gasteiger partial charge in [-0.2, -0.15) is 52.6 Å². The SMILES string of the molecule is CC(C)(C)c1ccc([C](=[Zr+2])c2ccc(C(C)(C)C)cc2)cc1.Cc1cc(-c2ccccc2)c(C)[cH-]1.[Cl-].[Cl-].[c-]1cccc2c1Cc1ccccc1-2. The number of fused-ring (bicyclic) bond motifs is 3. The molecule has 0 fully saturated rings. The van der Waals surface area contributed by atoms with Gasteiger partial charge >= 0.3 is 151 Å². The summed E-state index contributed by atoms with van der Waals surface area (Å²) in [5.41, 5.74) is 16.8. The molecule has 3 heteroatoms. The van der Waals surface area contributed by atoms with Crippen LogP contribution in [-0.4, -0.2) is 3.21 Å². The van der Waals surface area contributed by atoms with Crippen molar-refractivity contribution in [1.29, 1.82) is 0 Å². The number of benzene rings is 5. The second kappa shape index (κ2) is 17.8. The quantitative estimate of drug-likeness (QED) is 0.189. The van der Waals surface area contributed by atoms with Gasteiger partial charge in [-0.25, -0.2) is 6.07 Å². The van der Waals surface area contributed by atoms with Crippen LogP contribution in [0.25, 0.3) is 22.3 Å². The van der Waals surface area contributed by atoms with Gasteiger partial charge in [0.2, 0.25) is 0 Å². The molecule has 0 saturated heterocycles. The van der Waals surface area contributed by atoms with Crippen molar-refractivity contribution in [3.8, 4) is 22.3 Å². The van der Waals surface area contributed by atoms with Gasteiger partial charge in [-0.1, -0.05) is 85.1 Å². The molecule has 1 aliphatic carbocycles. The molecule has 0 bridgehead atoms. The van der Waals surface area contributed by atoms with Crippen LogP contribution in [0.15, 0.2) is 133 Å². The summed E-state index contributed by atoms with van der Waals surface area (Å²) in [6, 6.07) is 51.2. The second-order valence-electron chi connectivity index (χ2n) is 14.9. The molecule has 0 nitrogen and oxygen atoms in total. The van der Waals surface area contributed by atoms with Crippen LogP contribution in [0.5, 0.6) is 0 Å². The van der Waals surface area contributed by atoms with Gasteiger partial charge in [0.15, 0.2) is 0 Å². The Bertz CT molecular complexity index is 1860. The molecular formula is C47H48Cl2Zr-2. The van der Waals surface area contributed by atoms with Crippen LogP contribution in [0.2, 0.25) is 0 Å². The predicted octanol–water partition coefficient (Wildman–Crippen LogP) is 6.15. The normalized spacial score (nSPS) is 11.3. The van der Waals surface area contributed by atoms with Crippen LogP contribution in [-0.2, 0) is 41.5 Å². The summed E-state index contributed by atoms with van der Waals surface area (Å²) in [5, 5.41) is 0. The number of hydrogen-bond acceptors (Lipinski definition) is 0. The minimum atomic E-state index is 0. The third-order valence-corrected chi connectivity index (χ3v) is 10.4. The van der Waals surface area contributed by atoms with E-state index in [4.69, 9.17) is 0 Å². The largest absolute Gasteiger partial charge is 1.00 e. The van der Waals surface area contributed by atoms with Crippen molar-refractivity contribution in [1.82, 2.24) is 0 Å². The summed E-state index contributed by atoms with van der Waals surface area (Å²) < 4.78 is 1.42. The molecule has 0 unspecified atom stereocenters. The Balaban J connectivity index is 0.000000209. The van der Waals surface area contributed by atoms with E-state index in [9.17, 15) is 0 Å². The molecule has 256 valence electrons. The Kier molecular flexibility index (Phi) is 14.7. The molecule has 1 aliphatic rings. The summed E-state index contributed by atoms with van der Waals surface area (Å²) >= 11 is 1.46. The van der Waals surface area contributed by atoms with Crippen molar-refractivity contribution >= 4 is 3.21 Å². The van der Waals surface area contributed by atoms with Crippen LogP contribution >= 0.6 is 0 Å². The van der Waals surface area contributed by atoms with Crippen molar-refractivity contribution in [2.75, 3.05) is 0 Å². The fourth-order valence-corrected chi connectivity index (χ4v) is 6.99. The first-order chi connectivity index (χ1) is 22.8. The summed E-state index contributed by atoms with van der Waals surface area (Å²) in [7, 11) is 0. The molecule has 0 atom stereocenters. The first kappa shape index (κ1) is 41.2. The molecule has 7 rings (SSSR count). The zero-order valence-electron chi connectivity index (χ0n) is 30.7. The van der Waals surface area contributed by atoms with Crippen molar-refractivity contribution in [3.63, 3.8) is 0 Å². The molecule has 0 amide bonds. The number of aryl methyl sites for hydroxylation is 2. The molecule has 0 aliphatic heterocycles. The minimum absolute atomic E-state index is 0. The van der Waals surface area contributed by atoms with E-state index in [0.717, 1.165) is 6.42 Å². The van der Waals surface area contributed by atoms with E-state index in [1.807, 2.05) is 6.07 Å². The van der Waals surface area contributed by atoms with Crippen molar-refractivity contribution in [2.45, 2.75) is 72.6 Å². The van der Waals surface area contributed by atoms with Crippen molar-refractivity contribution in [3.05, 3.63) is 184 Å². The summed E-state index contributed by atoms with van der Waals surface area (Å²) in [5.74, 6) is 0. The van der Waals surface area contributed by atoms with Gasteiger partial charge in [0.25, 0.3) is 0 Å². The van der Waals surface area contributed by atoms with Gasteiger partial charge in [-0.05, 0) is 6.42 Å². The van der Waals surface area contributed by atoms with Gasteiger partial charge in [-0.3, -0.25) is 0 Å². The Hall–Kier alpha value is -3.22. The molecule has 0 heterocycles. The molecule has 0 spiro atoms. The van der Waals surface area contributed by atoms with Crippen LogP contribution in [0, 0.1) is 19.9 Å². The monoisotopic (exact) mass is 772 g/mol. The Labute approximate surface area is 328 Å². The average Bonchev–Trinajstić information content (AvgIpc) is 3.63. The van der Waals surface area contributed by atoms with Crippen LogP contribution in [0.4, 0.5) is 0 Å². The van der Waals surface area contributed by atoms with Crippen LogP contribution in [0.1, 0.15) is 86.1 Å². The zero-order chi connectivity index (χ0) is 34.5. The third-order valence-electron chi connectivity index (χ3n) is 9.02. The molecule has 6 aromatic carbocycles. The smallest absolute Gasteiger partial charge is 0.0253 e. The standard InChI is InChI=1S/C21H26.C13H9.C13H13.2ClH.Zr/c1-20(2,3)18-11-7-16(8-12-18)15-17-9-13-19(14-10-17)21(4,5)6;1-3-7-12-10(5-1)9-11-6-2-4-8-13(11)12;1-10-8-11(2)13(9-10)12-6-4-3-5-7-12;;;/h7-14H,1-6H3;1-5,7-8H,9H2;3-9H,1-2H3;2*1H;/q;2*-1;;;+2/p-2. The molecule has 50 heavy (non-hydrogen) atoms. The van der Waals surface area contributed by atoms with E-state index in [-0.39, 0.29) is 35.6 Å². The van der Waals surface area contributed by atoms with Gasteiger partial charge in [0.05, 0.1) is 0 Å². The Morgan fingerprint density at radius 3 is 1.60 bits per heavy atom. The average molecular weight is 775 g/mol. The maximum atomic E-state index is 3.30.